The Balaban J connectivity index is 0.643. The molecule has 460 valence electrons. The molecule has 15 aromatic carbocycles. The number of amidine groups is 2. The van der Waals surface area contributed by atoms with Crippen LogP contribution in [-0.2, 0) is 0 Å². The number of rotatable bonds is 13. The molecule has 0 fully saturated rings. The number of nitrogens with zero attached hydrogens (tertiary/aromatic N) is 3. The van der Waals surface area contributed by atoms with Crippen LogP contribution in [0.3, 0.4) is 0 Å². The van der Waals surface area contributed by atoms with E-state index in [1.165, 1.54) is 55.2 Å². The first-order valence-electron chi connectivity index (χ1n) is 33.4. The summed E-state index contributed by atoms with van der Waals surface area (Å²) in [5, 5.41) is 8.31. The second-order valence-electron chi connectivity index (χ2n) is 25.3. The smallest absolute Gasteiger partial charge is 0.159 e. The zero-order valence-corrected chi connectivity index (χ0v) is 53.5. The van der Waals surface area contributed by atoms with Crippen LogP contribution >= 0.6 is 0 Å². The zero-order valence-electron chi connectivity index (χ0n) is 53.5. The van der Waals surface area contributed by atoms with Crippen LogP contribution in [0.1, 0.15) is 22.9 Å². The fourth-order valence-electron chi connectivity index (χ4n) is 14.3. The SMILES string of the molecule is c1ccc(C2=NC(c3cccc(-c4ccccc4)c3)=NC(c3cccc(-c4cccc(-c5cccc(-c6cc(-c7cccc(-c8ccc(-n9c%10ccccc%10c%10cc(-c%11cccc(-c%12cccc(-c%13ccccc%13)c%12)c%11)ccc%109)cc8)c7)cc7c6oc6ccccc67)c5)c4)c3)N2)cc1. The van der Waals surface area contributed by atoms with Crippen LogP contribution in [0.4, 0.5) is 0 Å². The molecule has 0 saturated heterocycles. The third kappa shape index (κ3) is 10.9. The van der Waals surface area contributed by atoms with Crippen molar-refractivity contribution in [1.29, 1.82) is 0 Å². The minimum absolute atomic E-state index is 0.376. The van der Waals surface area contributed by atoms with Gasteiger partial charge in [0.15, 0.2) is 5.84 Å². The van der Waals surface area contributed by atoms with E-state index in [0.717, 1.165) is 117 Å². The Labute approximate surface area is 568 Å². The highest BCUT2D eigenvalue weighted by molar-refractivity contribution is 6.14. The Morgan fingerprint density at radius 3 is 1.26 bits per heavy atom. The van der Waals surface area contributed by atoms with Crippen molar-refractivity contribution in [1.82, 2.24) is 9.88 Å². The molecule has 2 aromatic heterocycles. The van der Waals surface area contributed by atoms with Gasteiger partial charge >= 0.3 is 0 Å². The lowest BCUT2D eigenvalue weighted by atomic mass is 9.92. The average molecular weight is 1250 g/mol. The summed E-state index contributed by atoms with van der Waals surface area (Å²) in [7, 11) is 0. The molecule has 0 radical (unpaired) electrons. The zero-order chi connectivity index (χ0) is 64.9. The van der Waals surface area contributed by atoms with Gasteiger partial charge in [0, 0.05) is 43.9 Å². The van der Waals surface area contributed by atoms with Crippen LogP contribution in [0.5, 0.6) is 0 Å². The molecule has 98 heavy (non-hydrogen) atoms. The minimum Gasteiger partial charge on any atom is -0.455 e. The molecule has 3 heterocycles. The van der Waals surface area contributed by atoms with Crippen molar-refractivity contribution < 1.29 is 4.42 Å². The highest BCUT2D eigenvalue weighted by Gasteiger charge is 2.23. The van der Waals surface area contributed by atoms with Crippen molar-refractivity contribution in [2.75, 3.05) is 0 Å². The van der Waals surface area contributed by atoms with Crippen molar-refractivity contribution in [2.24, 2.45) is 9.98 Å². The topological polar surface area (TPSA) is 54.8 Å². The number of benzene rings is 15. The summed E-state index contributed by atoms with van der Waals surface area (Å²) in [5.74, 6) is 1.47. The predicted molar refractivity (Wildman–Crippen MR) is 409 cm³/mol. The summed E-state index contributed by atoms with van der Waals surface area (Å²) in [6.07, 6.45) is -0.376. The van der Waals surface area contributed by atoms with Crippen LogP contribution in [0.2, 0.25) is 0 Å². The highest BCUT2D eigenvalue weighted by atomic mass is 16.3. The van der Waals surface area contributed by atoms with Gasteiger partial charge in [-0.1, -0.05) is 273 Å². The molecule has 0 bridgehead atoms. The number of aliphatic imine (C=N–C) groups is 2. The lowest BCUT2D eigenvalue weighted by molar-refractivity contribution is 0.670. The monoisotopic (exact) mass is 1250 g/mol. The van der Waals surface area contributed by atoms with Crippen LogP contribution < -0.4 is 5.32 Å². The van der Waals surface area contributed by atoms with Gasteiger partial charge in [-0.3, -0.25) is 0 Å². The van der Waals surface area contributed by atoms with Gasteiger partial charge < -0.3 is 14.3 Å². The number of para-hydroxylation sites is 2. The molecule has 1 atom stereocenters. The fraction of sp³-hybridized carbons (Fsp3) is 0.0108. The third-order valence-electron chi connectivity index (χ3n) is 19.2. The summed E-state index contributed by atoms with van der Waals surface area (Å²) >= 11 is 0. The Bertz CT molecular complexity index is 5960. The van der Waals surface area contributed by atoms with Gasteiger partial charge in [-0.25, -0.2) is 9.98 Å². The van der Waals surface area contributed by atoms with Crippen LogP contribution in [0.15, 0.2) is 378 Å². The van der Waals surface area contributed by atoms with Crippen molar-refractivity contribution in [3.05, 3.63) is 381 Å². The maximum absolute atomic E-state index is 6.82. The quantitative estimate of drug-likeness (QED) is 0.125. The number of aromatic nitrogens is 1. The van der Waals surface area contributed by atoms with Crippen molar-refractivity contribution in [3.8, 4) is 106 Å². The van der Waals surface area contributed by atoms with E-state index in [4.69, 9.17) is 14.4 Å². The molecular formula is C93H62N4O. The number of furan rings is 1. The van der Waals surface area contributed by atoms with Gasteiger partial charge in [0.2, 0.25) is 0 Å². The van der Waals surface area contributed by atoms with E-state index in [1.54, 1.807) is 0 Å². The summed E-state index contributed by atoms with van der Waals surface area (Å²) in [5.41, 5.74) is 28.7. The number of nitrogens with one attached hydrogen (secondary N) is 1. The molecule has 5 heteroatoms. The summed E-state index contributed by atoms with van der Waals surface area (Å²) < 4.78 is 9.23. The van der Waals surface area contributed by atoms with E-state index in [1.807, 2.05) is 30.3 Å². The Hall–Kier alpha value is -13.0. The van der Waals surface area contributed by atoms with E-state index in [2.05, 4.69) is 344 Å². The van der Waals surface area contributed by atoms with E-state index in [-0.39, 0.29) is 6.17 Å². The second kappa shape index (κ2) is 24.7. The molecule has 0 amide bonds. The van der Waals surface area contributed by atoms with Crippen molar-refractivity contribution in [3.63, 3.8) is 0 Å². The maximum atomic E-state index is 6.82. The van der Waals surface area contributed by atoms with E-state index in [9.17, 15) is 0 Å². The van der Waals surface area contributed by atoms with Crippen LogP contribution in [0, 0.1) is 0 Å². The molecular weight excluding hydrogens is 1190 g/mol. The first-order valence-corrected chi connectivity index (χ1v) is 33.4. The molecule has 1 N–H and O–H groups in total. The Morgan fingerprint density at radius 1 is 0.265 bits per heavy atom. The van der Waals surface area contributed by atoms with Crippen LogP contribution in [0.25, 0.3) is 150 Å². The molecule has 5 nitrogen and oxygen atoms in total. The van der Waals surface area contributed by atoms with E-state index >= 15 is 0 Å². The molecule has 1 unspecified atom stereocenters. The van der Waals surface area contributed by atoms with Gasteiger partial charge in [0.05, 0.1) is 11.0 Å². The van der Waals surface area contributed by atoms with Gasteiger partial charge in [-0.2, -0.15) is 0 Å². The Morgan fingerprint density at radius 2 is 0.663 bits per heavy atom. The number of hydrogen-bond acceptors (Lipinski definition) is 4. The van der Waals surface area contributed by atoms with Gasteiger partial charge in [0.25, 0.3) is 0 Å². The number of hydrogen-bond donors (Lipinski definition) is 1. The predicted octanol–water partition coefficient (Wildman–Crippen LogP) is 24.2. The van der Waals surface area contributed by atoms with Gasteiger partial charge in [0.1, 0.15) is 23.2 Å². The van der Waals surface area contributed by atoms with Crippen molar-refractivity contribution >= 4 is 55.4 Å². The first-order chi connectivity index (χ1) is 48.5. The molecule has 1 aliphatic heterocycles. The van der Waals surface area contributed by atoms with Gasteiger partial charge in [-0.15, -0.1) is 0 Å². The summed E-state index contributed by atoms with van der Waals surface area (Å²) in [6, 6.07) is 131. The second-order valence-corrected chi connectivity index (χ2v) is 25.3. The minimum atomic E-state index is -0.376. The first kappa shape index (κ1) is 57.7. The lowest BCUT2D eigenvalue weighted by Crippen LogP contribution is -2.33. The molecule has 0 saturated carbocycles. The summed E-state index contributed by atoms with van der Waals surface area (Å²) in [6.45, 7) is 0. The molecule has 0 spiro atoms. The van der Waals surface area contributed by atoms with E-state index < -0.39 is 0 Å². The van der Waals surface area contributed by atoms with Crippen molar-refractivity contribution in [2.45, 2.75) is 6.17 Å². The normalized spacial score (nSPS) is 13.0. The maximum Gasteiger partial charge on any atom is 0.159 e. The van der Waals surface area contributed by atoms with Gasteiger partial charge in [-0.05, 0) is 191 Å². The molecule has 1 aliphatic rings. The summed E-state index contributed by atoms with van der Waals surface area (Å²) in [4.78, 5) is 10.4. The third-order valence-corrected chi connectivity index (χ3v) is 19.2. The molecule has 18 rings (SSSR count). The molecule has 17 aromatic rings. The number of fused-ring (bicyclic) bond motifs is 6. The van der Waals surface area contributed by atoms with E-state index in [0.29, 0.717) is 5.84 Å². The molecule has 0 aliphatic carbocycles. The largest absolute Gasteiger partial charge is 0.455 e. The highest BCUT2D eigenvalue weighted by Crippen LogP contribution is 2.43. The standard InChI is InChI=1S/C93H62N4O/c1-4-21-61(22-5-1)65-27-14-30-68(51-65)69-31-17-34-72(54-69)76-47-50-88-85(58-76)82-41-10-12-43-87(82)97(88)81-48-45-63(46-49-81)66-28-15-37-75(52-66)80-59-84(90-86(60-80)83-42-11-13-44-89(83)98-90)77-38-18-35-73(55-77)70-32-16-33-71(53-70)74-36-20-40-79(57-74)93-95-91(64-25-8-3-9-26-64)94-92(96-93)78-39-19-29-67(56-78)62-23-6-2-7-24-62/h1-60,93H,(H,94,95,96). The van der Waals surface area contributed by atoms with Crippen LogP contribution in [-0.4, -0.2) is 16.2 Å². The lowest BCUT2D eigenvalue weighted by Gasteiger charge is -2.24. The Kier molecular flexibility index (Phi) is 14.6. The fourth-order valence-corrected chi connectivity index (χ4v) is 14.3. The average Bonchev–Trinajstić information content (AvgIpc) is 1.59.